The minimum absolute atomic E-state index is 0.394. The molecule has 1 rings (SSSR count). The first-order chi connectivity index (χ1) is 8.63. The topological polar surface area (TPSA) is 68.2 Å². The fourth-order valence-electron chi connectivity index (χ4n) is 1.62. The number of aliphatic hydroxyl groups excluding tert-OH is 2. The van der Waals surface area contributed by atoms with Crippen molar-refractivity contribution in [3.05, 3.63) is 29.8 Å². The zero-order chi connectivity index (χ0) is 13.5. The molecule has 0 fully saturated rings. The van der Waals surface area contributed by atoms with Gasteiger partial charge in [-0.2, -0.15) is 0 Å². The second-order valence-electron chi connectivity index (χ2n) is 3.77. The Balaban J connectivity index is 2.74. The first-order valence-electron chi connectivity index (χ1n) is 5.78. The van der Waals surface area contributed by atoms with E-state index in [-0.39, 0.29) is 0 Å². The smallest absolute Gasteiger partial charge is 0.185 e. The van der Waals surface area contributed by atoms with Crippen LogP contribution in [0.25, 0.3) is 0 Å². The standard InChI is InChI=1S/C13H20O5/c1-4-18-13(17-3)12(15)11(14)9-5-7-10(16-2)8-6-9/h5-8,11-15H,4H2,1-3H3. The van der Waals surface area contributed by atoms with Crippen molar-refractivity contribution in [2.75, 3.05) is 20.8 Å². The van der Waals surface area contributed by atoms with Gasteiger partial charge in [0.2, 0.25) is 0 Å². The Kier molecular flexibility index (Phi) is 6.07. The summed E-state index contributed by atoms with van der Waals surface area (Å²) in [5.41, 5.74) is 0.574. The largest absolute Gasteiger partial charge is 0.497 e. The molecular weight excluding hydrogens is 236 g/mol. The summed E-state index contributed by atoms with van der Waals surface area (Å²) in [4.78, 5) is 0. The predicted octanol–water partition coefficient (Wildman–Crippen LogP) is 1.10. The first-order valence-corrected chi connectivity index (χ1v) is 5.78. The summed E-state index contributed by atoms with van der Waals surface area (Å²) in [7, 11) is 2.99. The van der Waals surface area contributed by atoms with Crippen molar-refractivity contribution in [1.82, 2.24) is 0 Å². The van der Waals surface area contributed by atoms with Gasteiger partial charge in [0.15, 0.2) is 6.29 Å². The van der Waals surface area contributed by atoms with E-state index in [4.69, 9.17) is 14.2 Å². The van der Waals surface area contributed by atoms with E-state index < -0.39 is 18.5 Å². The van der Waals surface area contributed by atoms with E-state index in [2.05, 4.69) is 0 Å². The minimum Gasteiger partial charge on any atom is -0.497 e. The summed E-state index contributed by atoms with van der Waals surface area (Å²) < 4.78 is 15.2. The highest BCUT2D eigenvalue weighted by molar-refractivity contribution is 5.28. The molecule has 18 heavy (non-hydrogen) atoms. The molecule has 1 aromatic rings. The van der Waals surface area contributed by atoms with Crippen LogP contribution in [0.1, 0.15) is 18.6 Å². The van der Waals surface area contributed by atoms with Crippen molar-refractivity contribution in [2.45, 2.75) is 25.4 Å². The Bertz CT molecular complexity index is 338. The highest BCUT2D eigenvalue weighted by atomic mass is 16.7. The highest BCUT2D eigenvalue weighted by Gasteiger charge is 2.27. The van der Waals surface area contributed by atoms with Gasteiger partial charge in [-0.05, 0) is 24.6 Å². The molecule has 0 bridgehead atoms. The van der Waals surface area contributed by atoms with Crippen LogP contribution in [0, 0.1) is 0 Å². The molecule has 1 aromatic carbocycles. The molecule has 0 heterocycles. The summed E-state index contributed by atoms with van der Waals surface area (Å²) in [6.45, 7) is 2.18. The van der Waals surface area contributed by atoms with Crippen LogP contribution in [0.5, 0.6) is 5.75 Å². The lowest BCUT2D eigenvalue weighted by molar-refractivity contribution is -0.202. The van der Waals surface area contributed by atoms with Crippen molar-refractivity contribution in [1.29, 1.82) is 0 Å². The predicted molar refractivity (Wildman–Crippen MR) is 66.4 cm³/mol. The lowest BCUT2D eigenvalue weighted by Gasteiger charge is -2.25. The minimum atomic E-state index is -1.15. The van der Waals surface area contributed by atoms with Crippen LogP contribution in [0.4, 0.5) is 0 Å². The molecule has 0 radical (unpaired) electrons. The number of methoxy groups -OCH3 is 2. The maximum Gasteiger partial charge on any atom is 0.185 e. The fraction of sp³-hybridized carbons (Fsp3) is 0.538. The van der Waals surface area contributed by atoms with Gasteiger partial charge in [-0.25, -0.2) is 0 Å². The first kappa shape index (κ1) is 14.9. The van der Waals surface area contributed by atoms with E-state index in [0.717, 1.165) is 0 Å². The van der Waals surface area contributed by atoms with Crippen LogP contribution in [0.3, 0.4) is 0 Å². The summed E-state index contributed by atoms with van der Waals surface area (Å²) >= 11 is 0. The van der Waals surface area contributed by atoms with Crippen LogP contribution in [0.2, 0.25) is 0 Å². The molecule has 3 unspecified atom stereocenters. The molecule has 0 aromatic heterocycles. The molecule has 2 N–H and O–H groups in total. The van der Waals surface area contributed by atoms with E-state index in [1.807, 2.05) is 0 Å². The normalized spacial score (nSPS) is 16.1. The van der Waals surface area contributed by atoms with Gasteiger partial charge in [0.05, 0.1) is 7.11 Å². The quantitative estimate of drug-likeness (QED) is 0.715. The third kappa shape index (κ3) is 3.68. The van der Waals surface area contributed by atoms with Crippen molar-refractivity contribution < 1.29 is 24.4 Å². The SMILES string of the molecule is CCOC(OC)C(O)C(O)c1ccc(OC)cc1. The summed E-state index contributed by atoms with van der Waals surface area (Å²) in [5, 5.41) is 20.0. The van der Waals surface area contributed by atoms with Crippen LogP contribution in [-0.4, -0.2) is 43.4 Å². The molecule has 0 aliphatic carbocycles. The zero-order valence-electron chi connectivity index (χ0n) is 10.9. The van der Waals surface area contributed by atoms with Gasteiger partial charge in [-0.3, -0.25) is 0 Å². The van der Waals surface area contributed by atoms with E-state index in [1.54, 1.807) is 38.3 Å². The Labute approximate surface area is 107 Å². The lowest BCUT2D eigenvalue weighted by Crippen LogP contribution is -2.35. The van der Waals surface area contributed by atoms with Crippen LogP contribution in [0.15, 0.2) is 24.3 Å². The van der Waals surface area contributed by atoms with Gasteiger partial charge in [0.1, 0.15) is 18.0 Å². The molecule has 5 heteroatoms. The van der Waals surface area contributed by atoms with Crippen LogP contribution < -0.4 is 4.74 Å². The van der Waals surface area contributed by atoms with Crippen LogP contribution in [-0.2, 0) is 9.47 Å². The highest BCUT2D eigenvalue weighted by Crippen LogP contribution is 2.23. The second-order valence-corrected chi connectivity index (χ2v) is 3.77. The van der Waals surface area contributed by atoms with Crippen molar-refractivity contribution in [3.63, 3.8) is 0 Å². The Morgan fingerprint density at radius 3 is 2.17 bits per heavy atom. The number of aliphatic hydroxyl groups is 2. The fourth-order valence-corrected chi connectivity index (χ4v) is 1.62. The molecule has 5 nitrogen and oxygen atoms in total. The number of rotatable bonds is 7. The van der Waals surface area contributed by atoms with E-state index in [1.165, 1.54) is 7.11 Å². The van der Waals surface area contributed by atoms with Crippen molar-refractivity contribution in [3.8, 4) is 5.75 Å². The van der Waals surface area contributed by atoms with Gasteiger partial charge in [-0.1, -0.05) is 12.1 Å². The van der Waals surface area contributed by atoms with Gasteiger partial charge >= 0.3 is 0 Å². The van der Waals surface area contributed by atoms with Gasteiger partial charge in [-0.15, -0.1) is 0 Å². The second kappa shape index (κ2) is 7.33. The third-order valence-corrected chi connectivity index (χ3v) is 2.62. The Morgan fingerprint density at radius 1 is 1.11 bits per heavy atom. The maximum absolute atomic E-state index is 10.0. The van der Waals surface area contributed by atoms with Crippen molar-refractivity contribution >= 4 is 0 Å². The Hall–Kier alpha value is -1.14. The number of ether oxygens (including phenoxy) is 3. The monoisotopic (exact) mass is 256 g/mol. The molecule has 0 spiro atoms. The summed E-state index contributed by atoms with van der Waals surface area (Å²) in [6, 6.07) is 6.80. The molecule has 0 aliphatic heterocycles. The van der Waals surface area contributed by atoms with Crippen LogP contribution >= 0.6 is 0 Å². The molecule has 0 saturated carbocycles. The average Bonchev–Trinajstić information content (AvgIpc) is 2.43. The molecular formula is C13H20O5. The number of benzene rings is 1. The molecule has 0 amide bonds. The summed E-state index contributed by atoms with van der Waals surface area (Å²) in [6.07, 6.45) is -3.08. The van der Waals surface area contributed by atoms with Gasteiger partial charge in [0, 0.05) is 13.7 Å². The van der Waals surface area contributed by atoms with E-state index in [9.17, 15) is 10.2 Å². The average molecular weight is 256 g/mol. The molecule has 0 saturated heterocycles. The van der Waals surface area contributed by atoms with E-state index in [0.29, 0.717) is 17.9 Å². The van der Waals surface area contributed by atoms with Gasteiger partial charge in [0.25, 0.3) is 0 Å². The molecule has 102 valence electrons. The Morgan fingerprint density at radius 2 is 1.72 bits per heavy atom. The number of hydrogen-bond donors (Lipinski definition) is 2. The maximum atomic E-state index is 10.0. The molecule has 3 atom stereocenters. The third-order valence-electron chi connectivity index (χ3n) is 2.62. The van der Waals surface area contributed by atoms with Crippen molar-refractivity contribution in [2.24, 2.45) is 0 Å². The zero-order valence-corrected chi connectivity index (χ0v) is 10.9. The van der Waals surface area contributed by atoms with Gasteiger partial charge < -0.3 is 24.4 Å². The molecule has 0 aliphatic rings. The lowest BCUT2D eigenvalue weighted by atomic mass is 10.0. The van der Waals surface area contributed by atoms with E-state index >= 15 is 0 Å². The number of hydrogen-bond acceptors (Lipinski definition) is 5. The summed E-state index contributed by atoms with van der Waals surface area (Å²) in [5.74, 6) is 0.688.